The third-order valence-electron chi connectivity index (χ3n) is 5.97. The molecule has 2 aliphatic rings. The largest absolute Gasteiger partial charge is 0.296 e. The van der Waals surface area contributed by atoms with E-state index < -0.39 is 0 Å². The molecule has 2 saturated heterocycles. The van der Waals surface area contributed by atoms with Crippen molar-refractivity contribution >= 4 is 105 Å². The van der Waals surface area contributed by atoms with Gasteiger partial charge in [0, 0.05) is 66.9 Å². The molecule has 0 bridgehead atoms. The second kappa shape index (κ2) is 14.6. The molecule has 42 heavy (non-hydrogen) atoms. The van der Waals surface area contributed by atoms with Crippen molar-refractivity contribution in [2.24, 2.45) is 0 Å². The highest BCUT2D eigenvalue weighted by Gasteiger charge is 2.29. The lowest BCUT2D eigenvalue weighted by Gasteiger charge is -2.10. The van der Waals surface area contributed by atoms with Gasteiger partial charge in [0.05, 0.1) is 21.1 Å². The Bertz CT molecular complexity index is 1600. The minimum absolute atomic E-state index is 0.224. The van der Waals surface area contributed by atoms with E-state index in [1.165, 1.54) is 0 Å². The number of nitriles is 2. The van der Waals surface area contributed by atoms with E-state index in [1.807, 2.05) is 24.3 Å². The molecular formula is C28H18Cl4N6S4. The van der Waals surface area contributed by atoms with Gasteiger partial charge in [0.2, 0.25) is 0 Å². The molecule has 212 valence electrons. The van der Waals surface area contributed by atoms with Crippen molar-refractivity contribution in [3.63, 3.8) is 0 Å². The van der Waals surface area contributed by atoms with Crippen molar-refractivity contribution in [1.29, 1.82) is 10.5 Å². The van der Waals surface area contributed by atoms with Crippen molar-refractivity contribution in [2.45, 2.75) is 10.5 Å². The van der Waals surface area contributed by atoms with E-state index >= 15 is 0 Å². The summed E-state index contributed by atoms with van der Waals surface area (Å²) in [4.78, 5) is 7.97. The van der Waals surface area contributed by atoms with Gasteiger partial charge >= 0.3 is 0 Å². The second-order valence-electron chi connectivity index (χ2n) is 8.60. The summed E-state index contributed by atoms with van der Waals surface area (Å²) in [7, 11) is 0. The van der Waals surface area contributed by atoms with Gasteiger partial charge in [-0.2, -0.15) is 10.5 Å². The van der Waals surface area contributed by atoms with Gasteiger partial charge in [-0.3, -0.25) is 9.13 Å². The van der Waals surface area contributed by atoms with Gasteiger partial charge in [-0.25, -0.2) is 9.97 Å². The Labute approximate surface area is 280 Å². The molecule has 6 rings (SSSR count). The lowest BCUT2D eigenvalue weighted by atomic mass is 10.2. The summed E-state index contributed by atoms with van der Waals surface area (Å²) < 4.78 is 5.46. The molecule has 2 fully saturated rings. The zero-order valence-electron chi connectivity index (χ0n) is 21.3. The number of thioether (sulfide) groups is 4. The predicted molar refractivity (Wildman–Crippen MR) is 181 cm³/mol. The van der Waals surface area contributed by atoms with Crippen LogP contribution in [0.25, 0.3) is 11.4 Å². The standard InChI is InChI=1S/2C14H9Cl2N3S2/c2*15-9-1-2-10(11(16)5-9)13-7-20-14(21-13)12(6-17)19-4-3-18-8-19/h2*1-5,8,13H,7H2/b2*14-12+/t2*13-/m00/s1. The van der Waals surface area contributed by atoms with Crippen molar-refractivity contribution in [3.8, 4) is 12.1 Å². The smallest absolute Gasteiger partial charge is 0.145 e. The Morgan fingerprint density at radius 3 is 1.48 bits per heavy atom. The second-order valence-corrected chi connectivity index (χ2v) is 15.3. The highest BCUT2D eigenvalue weighted by atomic mass is 35.5. The van der Waals surface area contributed by atoms with Crippen LogP contribution in [0.4, 0.5) is 0 Å². The predicted octanol–water partition coefficient (Wildman–Crippen LogP) is 10.1. The molecule has 0 saturated carbocycles. The number of benzene rings is 2. The van der Waals surface area contributed by atoms with Crippen LogP contribution in [0, 0.1) is 22.7 Å². The zero-order valence-corrected chi connectivity index (χ0v) is 27.6. The van der Waals surface area contributed by atoms with Gasteiger partial charge < -0.3 is 0 Å². The Hall–Kier alpha value is -2.12. The summed E-state index contributed by atoms with van der Waals surface area (Å²) in [5.74, 6) is 1.75. The first-order valence-corrected chi connectivity index (χ1v) is 17.4. The van der Waals surface area contributed by atoms with E-state index in [9.17, 15) is 10.5 Å². The van der Waals surface area contributed by atoms with Crippen LogP contribution < -0.4 is 0 Å². The third-order valence-corrected chi connectivity index (χ3v) is 12.9. The van der Waals surface area contributed by atoms with Crippen LogP contribution in [-0.2, 0) is 0 Å². The molecule has 2 atom stereocenters. The highest BCUT2D eigenvalue weighted by molar-refractivity contribution is 8.26. The van der Waals surface area contributed by atoms with Crippen molar-refractivity contribution < 1.29 is 0 Å². The summed E-state index contributed by atoms with van der Waals surface area (Å²) in [5.41, 5.74) is 3.32. The van der Waals surface area contributed by atoms with Gasteiger partial charge in [0.1, 0.15) is 23.5 Å². The summed E-state index contributed by atoms with van der Waals surface area (Å²) in [6.07, 6.45) is 10.1. The quantitative estimate of drug-likeness (QED) is 0.194. The molecule has 2 aromatic heterocycles. The number of hydrogen-bond acceptors (Lipinski definition) is 8. The topological polar surface area (TPSA) is 83.2 Å². The fourth-order valence-corrected chi connectivity index (χ4v) is 11.0. The number of rotatable bonds is 4. The van der Waals surface area contributed by atoms with Gasteiger partial charge in [-0.15, -0.1) is 47.0 Å². The zero-order chi connectivity index (χ0) is 29.6. The molecule has 0 aliphatic carbocycles. The van der Waals surface area contributed by atoms with E-state index in [4.69, 9.17) is 46.4 Å². The van der Waals surface area contributed by atoms with Crippen LogP contribution in [-0.4, -0.2) is 30.6 Å². The lowest BCUT2D eigenvalue weighted by molar-refractivity contribution is 1.10. The molecule has 0 spiro atoms. The normalized spacial score (nSPS) is 20.3. The number of imidazole rings is 2. The average molecular weight is 709 g/mol. The molecule has 6 nitrogen and oxygen atoms in total. The monoisotopic (exact) mass is 706 g/mol. The molecule has 0 amide bonds. The Balaban J connectivity index is 0.000000168. The fraction of sp³-hybridized carbons (Fsp3) is 0.143. The van der Waals surface area contributed by atoms with E-state index in [2.05, 4.69) is 22.1 Å². The number of aromatic nitrogens is 4. The fourth-order valence-electron chi connectivity index (χ4n) is 3.98. The molecule has 4 aromatic rings. The van der Waals surface area contributed by atoms with Gasteiger partial charge in [-0.05, 0) is 35.4 Å². The van der Waals surface area contributed by atoms with E-state index in [0.29, 0.717) is 31.5 Å². The minimum Gasteiger partial charge on any atom is -0.296 e. The van der Waals surface area contributed by atoms with Crippen LogP contribution >= 0.6 is 93.5 Å². The molecule has 2 aliphatic heterocycles. The molecule has 14 heteroatoms. The maximum absolute atomic E-state index is 9.38. The Morgan fingerprint density at radius 1 is 0.714 bits per heavy atom. The summed E-state index contributed by atoms with van der Waals surface area (Å²) >= 11 is 31.1. The molecule has 2 aromatic carbocycles. The van der Waals surface area contributed by atoms with Crippen LogP contribution in [0.15, 0.2) is 82.3 Å². The van der Waals surface area contributed by atoms with Crippen LogP contribution in [0.2, 0.25) is 20.1 Å². The van der Waals surface area contributed by atoms with Gasteiger partial charge in [0.25, 0.3) is 0 Å². The summed E-state index contributed by atoms with van der Waals surface area (Å²) in [6.45, 7) is 0. The first kappa shape index (κ1) is 31.3. The molecular weight excluding hydrogens is 690 g/mol. The van der Waals surface area contributed by atoms with Crippen LogP contribution in [0.5, 0.6) is 0 Å². The lowest BCUT2D eigenvalue weighted by Crippen LogP contribution is -1.93. The summed E-state index contributed by atoms with van der Waals surface area (Å²) in [6, 6.07) is 15.6. The van der Waals surface area contributed by atoms with E-state index in [0.717, 1.165) is 31.1 Å². The third kappa shape index (κ3) is 7.32. The summed E-state index contributed by atoms with van der Waals surface area (Å²) in [5, 5.41) is 21.8. The molecule has 0 unspecified atom stereocenters. The Morgan fingerprint density at radius 2 is 1.14 bits per heavy atom. The van der Waals surface area contributed by atoms with Crippen molar-refractivity contribution in [3.05, 3.63) is 114 Å². The Kier molecular flexibility index (Phi) is 10.9. The molecule has 0 N–H and O–H groups in total. The maximum Gasteiger partial charge on any atom is 0.145 e. The number of hydrogen-bond donors (Lipinski definition) is 0. The van der Waals surface area contributed by atoms with Gasteiger partial charge in [-0.1, -0.05) is 58.5 Å². The van der Waals surface area contributed by atoms with Crippen molar-refractivity contribution in [2.75, 3.05) is 11.5 Å². The average Bonchev–Trinajstić information content (AvgIpc) is 3.79. The van der Waals surface area contributed by atoms with Crippen molar-refractivity contribution in [1.82, 2.24) is 19.1 Å². The minimum atomic E-state index is 0.224. The van der Waals surface area contributed by atoms with E-state index in [-0.39, 0.29) is 10.5 Å². The van der Waals surface area contributed by atoms with Gasteiger partial charge in [0.15, 0.2) is 0 Å². The molecule has 4 heterocycles. The van der Waals surface area contributed by atoms with E-state index in [1.54, 1.807) is 106 Å². The molecule has 0 radical (unpaired) electrons. The number of nitrogens with zero attached hydrogens (tertiary/aromatic N) is 6. The number of allylic oxidation sites excluding steroid dienone is 2. The first-order chi connectivity index (χ1) is 20.4. The van der Waals surface area contributed by atoms with Crippen LogP contribution in [0.3, 0.4) is 0 Å². The SMILES string of the molecule is N#C/C(=C1/SC[C@@H](c2ccc(Cl)cc2Cl)S1)n1ccnc1.N#C/C(=C1/SC[C@@H](c2ccc(Cl)cc2Cl)S1)n1ccnc1. The maximum atomic E-state index is 9.38. The van der Waals surface area contributed by atoms with Crippen LogP contribution in [0.1, 0.15) is 21.6 Å². The number of halogens is 4. The highest BCUT2D eigenvalue weighted by Crippen LogP contribution is 2.54. The first-order valence-electron chi connectivity index (χ1n) is 12.1.